The highest BCUT2D eigenvalue weighted by Gasteiger charge is 2.24. The molecule has 0 bridgehead atoms. The first-order chi connectivity index (χ1) is 16.5. The number of nitrogens with one attached hydrogen (secondary N) is 1. The van der Waals surface area contributed by atoms with E-state index in [0.29, 0.717) is 43.1 Å². The summed E-state index contributed by atoms with van der Waals surface area (Å²) in [6, 6.07) is 17.0. The Morgan fingerprint density at radius 3 is 2.50 bits per heavy atom. The SMILES string of the molecule is CC(C)COc1ccc(-c2cc(C(=O)NC[C@H](c3ccc(Cl)cc3)N3CCOCC3)no2)cc1. The molecule has 2 aromatic carbocycles. The summed E-state index contributed by atoms with van der Waals surface area (Å²) < 4.78 is 16.7. The molecule has 0 saturated carbocycles. The molecule has 180 valence electrons. The number of hydrogen-bond acceptors (Lipinski definition) is 6. The van der Waals surface area contributed by atoms with Gasteiger partial charge in [0, 0.05) is 36.3 Å². The maximum atomic E-state index is 12.8. The van der Waals surface area contributed by atoms with Gasteiger partial charge in [0.2, 0.25) is 0 Å². The smallest absolute Gasteiger partial charge is 0.273 e. The summed E-state index contributed by atoms with van der Waals surface area (Å²) in [4.78, 5) is 15.2. The third-order valence-corrected chi connectivity index (χ3v) is 5.91. The number of ether oxygens (including phenoxy) is 2. The van der Waals surface area contributed by atoms with Crippen molar-refractivity contribution >= 4 is 17.5 Å². The molecule has 1 aliphatic rings. The number of carbonyl (C=O) groups excluding carboxylic acids is 1. The zero-order valence-corrected chi connectivity index (χ0v) is 20.3. The molecule has 8 heteroatoms. The fraction of sp³-hybridized carbons (Fsp3) is 0.385. The number of aromatic nitrogens is 1. The second-order valence-electron chi connectivity index (χ2n) is 8.73. The van der Waals surface area contributed by atoms with Gasteiger partial charge in [0.1, 0.15) is 5.75 Å². The zero-order chi connectivity index (χ0) is 23.9. The number of rotatable bonds is 9. The first kappa shape index (κ1) is 24.3. The maximum absolute atomic E-state index is 12.8. The van der Waals surface area contributed by atoms with Crippen LogP contribution in [0.15, 0.2) is 59.1 Å². The van der Waals surface area contributed by atoms with Crippen LogP contribution < -0.4 is 10.1 Å². The molecule has 1 aromatic heterocycles. The summed E-state index contributed by atoms with van der Waals surface area (Å²) in [7, 11) is 0. The van der Waals surface area contributed by atoms with Crippen LogP contribution in [0.25, 0.3) is 11.3 Å². The van der Waals surface area contributed by atoms with Crippen LogP contribution in [0.2, 0.25) is 5.02 Å². The number of halogens is 1. The number of amides is 1. The second-order valence-corrected chi connectivity index (χ2v) is 9.17. The molecule has 0 aliphatic carbocycles. The maximum Gasteiger partial charge on any atom is 0.273 e. The van der Waals surface area contributed by atoms with Gasteiger partial charge >= 0.3 is 0 Å². The van der Waals surface area contributed by atoms with Crippen LogP contribution in [-0.4, -0.2) is 55.4 Å². The Morgan fingerprint density at radius 1 is 1.12 bits per heavy atom. The minimum Gasteiger partial charge on any atom is -0.493 e. The molecule has 1 amide bonds. The number of carbonyl (C=O) groups is 1. The van der Waals surface area contributed by atoms with Gasteiger partial charge in [-0.2, -0.15) is 0 Å². The third-order valence-electron chi connectivity index (χ3n) is 5.66. The van der Waals surface area contributed by atoms with Crippen LogP contribution in [0.1, 0.15) is 35.9 Å². The molecule has 1 saturated heterocycles. The first-order valence-corrected chi connectivity index (χ1v) is 11.9. The van der Waals surface area contributed by atoms with E-state index in [0.717, 1.165) is 30.0 Å². The van der Waals surface area contributed by atoms with Crippen molar-refractivity contribution in [2.24, 2.45) is 5.92 Å². The average molecular weight is 484 g/mol. The monoisotopic (exact) mass is 483 g/mol. The van der Waals surface area contributed by atoms with Crippen molar-refractivity contribution in [3.8, 4) is 17.1 Å². The predicted molar refractivity (Wildman–Crippen MR) is 131 cm³/mol. The summed E-state index contributed by atoms with van der Waals surface area (Å²) in [5, 5.41) is 7.68. The topological polar surface area (TPSA) is 76.8 Å². The molecular weight excluding hydrogens is 454 g/mol. The molecule has 34 heavy (non-hydrogen) atoms. The quantitative estimate of drug-likeness (QED) is 0.469. The Bertz CT molecular complexity index is 1060. The number of hydrogen-bond donors (Lipinski definition) is 1. The lowest BCUT2D eigenvalue weighted by Crippen LogP contribution is -2.43. The highest BCUT2D eigenvalue weighted by atomic mass is 35.5. The van der Waals surface area contributed by atoms with Crippen molar-refractivity contribution in [3.63, 3.8) is 0 Å². The van der Waals surface area contributed by atoms with E-state index in [2.05, 4.69) is 29.2 Å². The molecule has 4 rings (SSSR count). The van der Waals surface area contributed by atoms with Crippen molar-refractivity contribution in [2.75, 3.05) is 39.5 Å². The van der Waals surface area contributed by atoms with Gasteiger partial charge in [-0.25, -0.2) is 0 Å². The van der Waals surface area contributed by atoms with Crippen molar-refractivity contribution in [1.82, 2.24) is 15.4 Å². The molecule has 1 aliphatic heterocycles. The molecular formula is C26H30ClN3O4. The average Bonchev–Trinajstić information content (AvgIpc) is 3.35. The minimum absolute atomic E-state index is 0.00914. The van der Waals surface area contributed by atoms with Crippen molar-refractivity contribution in [1.29, 1.82) is 0 Å². The molecule has 0 unspecified atom stereocenters. The van der Waals surface area contributed by atoms with Gasteiger partial charge in [-0.1, -0.05) is 42.7 Å². The van der Waals surface area contributed by atoms with Gasteiger partial charge in [-0.3, -0.25) is 9.69 Å². The van der Waals surface area contributed by atoms with Crippen molar-refractivity contribution in [2.45, 2.75) is 19.9 Å². The second kappa shape index (κ2) is 11.5. The van der Waals surface area contributed by atoms with Crippen LogP contribution >= 0.6 is 11.6 Å². The number of nitrogens with zero attached hydrogens (tertiary/aromatic N) is 2. The van der Waals surface area contributed by atoms with Crippen LogP contribution in [0.5, 0.6) is 5.75 Å². The van der Waals surface area contributed by atoms with E-state index in [9.17, 15) is 4.79 Å². The van der Waals surface area contributed by atoms with Gasteiger partial charge in [0.15, 0.2) is 11.5 Å². The Kier molecular flexibility index (Phi) is 8.21. The fourth-order valence-corrected chi connectivity index (χ4v) is 3.93. The molecule has 1 N–H and O–H groups in total. The lowest BCUT2D eigenvalue weighted by Gasteiger charge is -2.34. The van der Waals surface area contributed by atoms with E-state index < -0.39 is 0 Å². The van der Waals surface area contributed by atoms with Crippen LogP contribution in [-0.2, 0) is 4.74 Å². The Morgan fingerprint density at radius 2 is 1.82 bits per heavy atom. The van der Waals surface area contributed by atoms with Crippen LogP contribution in [0, 0.1) is 5.92 Å². The Balaban J connectivity index is 1.40. The molecule has 0 spiro atoms. The summed E-state index contributed by atoms with van der Waals surface area (Å²) in [5.74, 6) is 1.51. The standard InChI is InChI=1S/C26H30ClN3O4/c1-18(2)17-33-22-9-5-20(6-10-22)25-15-23(29-34-25)26(31)28-16-24(30-11-13-32-14-12-30)19-3-7-21(27)8-4-19/h3-10,15,18,24H,11-14,16-17H2,1-2H3,(H,28,31)/t24-/m1/s1. The minimum atomic E-state index is -0.279. The summed E-state index contributed by atoms with van der Waals surface area (Å²) in [6.45, 7) is 8.25. The molecule has 1 fully saturated rings. The highest BCUT2D eigenvalue weighted by Crippen LogP contribution is 2.25. The zero-order valence-electron chi connectivity index (χ0n) is 19.5. The lowest BCUT2D eigenvalue weighted by atomic mass is 10.0. The Labute approximate surface area is 205 Å². The molecule has 1 atom stereocenters. The van der Waals surface area contributed by atoms with Crippen LogP contribution in [0.3, 0.4) is 0 Å². The highest BCUT2D eigenvalue weighted by molar-refractivity contribution is 6.30. The van der Waals surface area contributed by atoms with Gasteiger partial charge < -0.3 is 19.3 Å². The molecule has 3 aromatic rings. The largest absolute Gasteiger partial charge is 0.493 e. The molecule has 7 nitrogen and oxygen atoms in total. The van der Waals surface area contributed by atoms with Gasteiger partial charge in [0.25, 0.3) is 5.91 Å². The lowest BCUT2D eigenvalue weighted by molar-refractivity contribution is 0.0162. The molecule has 0 radical (unpaired) electrons. The van der Waals surface area contributed by atoms with E-state index >= 15 is 0 Å². The fourth-order valence-electron chi connectivity index (χ4n) is 3.81. The Hall–Kier alpha value is -2.87. The third kappa shape index (κ3) is 6.38. The van der Waals surface area contributed by atoms with Gasteiger partial charge in [-0.05, 0) is 47.9 Å². The first-order valence-electron chi connectivity index (χ1n) is 11.5. The summed E-state index contributed by atoms with van der Waals surface area (Å²) in [6.07, 6.45) is 0. The van der Waals surface area contributed by atoms with E-state index in [4.69, 9.17) is 25.6 Å². The van der Waals surface area contributed by atoms with Crippen molar-refractivity contribution < 1.29 is 18.8 Å². The summed E-state index contributed by atoms with van der Waals surface area (Å²) in [5.41, 5.74) is 2.16. The van der Waals surface area contributed by atoms with Crippen LogP contribution in [0.4, 0.5) is 0 Å². The van der Waals surface area contributed by atoms with E-state index in [1.54, 1.807) is 6.07 Å². The predicted octanol–water partition coefficient (Wildman–Crippen LogP) is 4.83. The van der Waals surface area contributed by atoms with E-state index in [1.165, 1.54) is 0 Å². The van der Waals surface area contributed by atoms with E-state index in [1.807, 2.05) is 48.5 Å². The molecule has 2 heterocycles. The van der Waals surface area contributed by atoms with E-state index in [-0.39, 0.29) is 17.6 Å². The normalized spacial score (nSPS) is 15.3. The van der Waals surface area contributed by atoms with Gasteiger partial charge in [-0.15, -0.1) is 0 Å². The number of benzene rings is 2. The van der Waals surface area contributed by atoms with Gasteiger partial charge in [0.05, 0.1) is 25.9 Å². The number of morpholine rings is 1. The van der Waals surface area contributed by atoms with Crippen molar-refractivity contribution in [3.05, 3.63) is 70.9 Å². The summed E-state index contributed by atoms with van der Waals surface area (Å²) >= 11 is 6.07.